The molecule has 0 radical (unpaired) electrons. The summed E-state index contributed by atoms with van der Waals surface area (Å²) in [5.74, 6) is -0.00450. The fourth-order valence-corrected chi connectivity index (χ4v) is 3.86. The molecule has 2 atom stereocenters. The van der Waals surface area contributed by atoms with E-state index in [-0.39, 0.29) is 24.4 Å². The minimum absolute atomic E-state index is 0. The molecule has 1 aromatic rings. The van der Waals surface area contributed by atoms with E-state index in [1.807, 2.05) is 37.4 Å². The zero-order valence-corrected chi connectivity index (χ0v) is 14.5. The minimum atomic E-state index is -0.445. The first-order valence-electron chi connectivity index (χ1n) is 8.41. The van der Waals surface area contributed by atoms with Gasteiger partial charge in [-0.2, -0.15) is 0 Å². The van der Waals surface area contributed by atoms with Gasteiger partial charge < -0.3 is 10.0 Å². The summed E-state index contributed by atoms with van der Waals surface area (Å²) in [6.07, 6.45) is 5.94. The first kappa shape index (κ1) is 18.2. The lowest BCUT2D eigenvalue weighted by Crippen LogP contribution is -2.44. The number of nitrogens with zero attached hydrogens (tertiary/aromatic N) is 2. The van der Waals surface area contributed by atoms with Crippen molar-refractivity contribution in [3.8, 4) is 0 Å². The number of hydrogen-bond donors (Lipinski definition) is 1. The molecule has 0 unspecified atom stereocenters. The highest BCUT2D eigenvalue weighted by Gasteiger charge is 2.39. The molecular formula is C18H27ClN2O2. The van der Waals surface area contributed by atoms with Crippen molar-refractivity contribution in [3.05, 3.63) is 35.9 Å². The summed E-state index contributed by atoms with van der Waals surface area (Å²) in [7, 11) is 1.81. The number of likely N-dealkylation sites (N-methyl/N-ethyl adjacent to an activating group) is 1. The van der Waals surface area contributed by atoms with Gasteiger partial charge >= 0.3 is 0 Å². The number of halogens is 1. The van der Waals surface area contributed by atoms with Gasteiger partial charge in [0, 0.05) is 31.7 Å². The topological polar surface area (TPSA) is 43.8 Å². The number of β-amino-alcohol motifs (C(OH)–C–C–N with tert-alkyl or cyclic N) is 1. The molecule has 1 heterocycles. The minimum Gasteiger partial charge on any atom is -0.390 e. The number of benzene rings is 1. The molecule has 1 saturated heterocycles. The maximum Gasteiger partial charge on any atom is 0.253 e. The molecule has 128 valence electrons. The third-order valence-corrected chi connectivity index (χ3v) is 5.22. The van der Waals surface area contributed by atoms with Gasteiger partial charge in [-0.1, -0.05) is 37.5 Å². The van der Waals surface area contributed by atoms with Crippen LogP contribution in [0.5, 0.6) is 0 Å². The summed E-state index contributed by atoms with van der Waals surface area (Å²) in [5.41, 5.74) is 0.688. The number of aliphatic hydroxyl groups is 1. The maximum absolute atomic E-state index is 12.6. The summed E-state index contributed by atoms with van der Waals surface area (Å²) in [6, 6.07) is 9.81. The second kappa shape index (κ2) is 8.13. The predicted octanol–water partition coefficient (Wildman–Crippen LogP) is 2.56. The van der Waals surface area contributed by atoms with Crippen LogP contribution in [0, 0.1) is 0 Å². The molecule has 5 heteroatoms. The predicted molar refractivity (Wildman–Crippen MR) is 94.0 cm³/mol. The van der Waals surface area contributed by atoms with Crippen molar-refractivity contribution < 1.29 is 9.90 Å². The molecule has 0 aromatic heterocycles. The van der Waals surface area contributed by atoms with Crippen molar-refractivity contribution in [2.45, 2.75) is 50.3 Å². The van der Waals surface area contributed by atoms with E-state index in [4.69, 9.17) is 0 Å². The van der Waals surface area contributed by atoms with Crippen LogP contribution in [0.2, 0.25) is 0 Å². The smallest absolute Gasteiger partial charge is 0.253 e. The quantitative estimate of drug-likeness (QED) is 0.921. The van der Waals surface area contributed by atoms with E-state index in [1.54, 1.807) is 4.90 Å². The Balaban J connectivity index is 0.00000192. The highest BCUT2D eigenvalue weighted by molar-refractivity contribution is 5.94. The molecule has 1 N–H and O–H groups in total. The summed E-state index contributed by atoms with van der Waals surface area (Å²) >= 11 is 0. The van der Waals surface area contributed by atoms with E-state index in [9.17, 15) is 9.90 Å². The molecule has 2 aliphatic rings. The molecule has 1 amide bonds. The van der Waals surface area contributed by atoms with Crippen LogP contribution in [-0.4, -0.2) is 59.1 Å². The van der Waals surface area contributed by atoms with Gasteiger partial charge in [-0.25, -0.2) is 0 Å². The monoisotopic (exact) mass is 338 g/mol. The van der Waals surface area contributed by atoms with Crippen LogP contribution in [0.4, 0.5) is 0 Å². The Kier molecular flexibility index (Phi) is 6.45. The molecule has 1 saturated carbocycles. The molecule has 4 nitrogen and oxygen atoms in total. The molecule has 1 aromatic carbocycles. The molecule has 2 fully saturated rings. The Morgan fingerprint density at radius 3 is 2.43 bits per heavy atom. The van der Waals surface area contributed by atoms with Crippen LogP contribution in [0.1, 0.15) is 42.5 Å². The summed E-state index contributed by atoms with van der Waals surface area (Å²) in [6.45, 7) is 1.49. The Morgan fingerprint density at radius 1 is 1.13 bits per heavy atom. The molecule has 0 bridgehead atoms. The Labute approximate surface area is 144 Å². The Morgan fingerprint density at radius 2 is 1.78 bits per heavy atom. The number of amides is 1. The number of rotatable bonds is 3. The van der Waals surface area contributed by atoms with E-state index < -0.39 is 6.10 Å². The van der Waals surface area contributed by atoms with Gasteiger partial charge in [0.05, 0.1) is 12.1 Å². The lowest BCUT2D eigenvalue weighted by molar-refractivity contribution is 0.0581. The van der Waals surface area contributed by atoms with E-state index in [2.05, 4.69) is 4.90 Å². The number of hydrogen-bond acceptors (Lipinski definition) is 3. The summed E-state index contributed by atoms with van der Waals surface area (Å²) in [4.78, 5) is 16.7. The van der Waals surface area contributed by atoms with Crippen molar-refractivity contribution in [1.29, 1.82) is 0 Å². The molecule has 0 spiro atoms. The summed E-state index contributed by atoms with van der Waals surface area (Å²) in [5, 5.41) is 10.4. The normalized spacial score (nSPS) is 25.8. The zero-order chi connectivity index (χ0) is 15.5. The third kappa shape index (κ3) is 4.06. The van der Waals surface area contributed by atoms with Crippen LogP contribution in [0.3, 0.4) is 0 Å². The highest BCUT2D eigenvalue weighted by Crippen LogP contribution is 2.27. The van der Waals surface area contributed by atoms with Crippen LogP contribution >= 0.6 is 12.4 Å². The van der Waals surface area contributed by atoms with Crippen molar-refractivity contribution in [3.63, 3.8) is 0 Å². The van der Waals surface area contributed by atoms with Crippen molar-refractivity contribution in [2.75, 3.05) is 20.1 Å². The molecule has 23 heavy (non-hydrogen) atoms. The van der Waals surface area contributed by atoms with Gasteiger partial charge in [-0.15, -0.1) is 12.4 Å². The van der Waals surface area contributed by atoms with Crippen LogP contribution in [0.15, 0.2) is 30.3 Å². The standard InChI is InChI=1S/C18H26N2O2.ClH/c1-19(18(22)14-8-4-2-5-9-14)16-12-20(13-17(16)21)15-10-6-3-7-11-15;/h2,4-5,8-9,15-17,21H,3,6-7,10-13H2,1H3;1H/t16-,17-;/m1./s1. The Hall–Kier alpha value is -1.10. The van der Waals surface area contributed by atoms with E-state index >= 15 is 0 Å². The van der Waals surface area contributed by atoms with Crippen molar-refractivity contribution in [2.24, 2.45) is 0 Å². The SMILES string of the molecule is CN(C(=O)c1ccccc1)[C@@H]1CN(C2CCCCC2)C[C@H]1O.Cl. The van der Waals surface area contributed by atoms with Gasteiger partial charge in [-0.3, -0.25) is 9.69 Å². The summed E-state index contributed by atoms with van der Waals surface area (Å²) < 4.78 is 0. The zero-order valence-electron chi connectivity index (χ0n) is 13.7. The molecule has 1 aliphatic heterocycles. The van der Waals surface area contributed by atoms with Crippen molar-refractivity contribution in [1.82, 2.24) is 9.80 Å². The van der Waals surface area contributed by atoms with Gasteiger partial charge in [0.25, 0.3) is 5.91 Å². The van der Waals surface area contributed by atoms with Gasteiger partial charge in [0.1, 0.15) is 0 Å². The second-order valence-electron chi connectivity index (χ2n) is 6.66. The fourth-order valence-electron chi connectivity index (χ4n) is 3.86. The number of aliphatic hydroxyl groups excluding tert-OH is 1. The highest BCUT2D eigenvalue weighted by atomic mass is 35.5. The number of likely N-dealkylation sites (tertiary alicyclic amines) is 1. The van der Waals surface area contributed by atoms with E-state index in [0.29, 0.717) is 18.2 Å². The van der Waals surface area contributed by atoms with Gasteiger partial charge in [-0.05, 0) is 25.0 Å². The largest absolute Gasteiger partial charge is 0.390 e. The molecule has 1 aliphatic carbocycles. The lowest BCUT2D eigenvalue weighted by Gasteiger charge is -2.31. The third-order valence-electron chi connectivity index (χ3n) is 5.22. The van der Waals surface area contributed by atoms with E-state index in [0.717, 1.165) is 6.54 Å². The maximum atomic E-state index is 12.6. The second-order valence-corrected chi connectivity index (χ2v) is 6.66. The van der Waals surface area contributed by atoms with Gasteiger partial charge in [0.15, 0.2) is 0 Å². The first-order chi connectivity index (χ1) is 10.7. The van der Waals surface area contributed by atoms with Gasteiger partial charge in [0.2, 0.25) is 0 Å². The molecule has 3 rings (SSSR count). The number of carbonyl (C=O) groups excluding carboxylic acids is 1. The fraction of sp³-hybridized carbons (Fsp3) is 0.611. The lowest BCUT2D eigenvalue weighted by atomic mass is 9.94. The van der Waals surface area contributed by atoms with E-state index in [1.165, 1.54) is 32.1 Å². The Bertz CT molecular complexity index is 505. The van der Waals surface area contributed by atoms with Crippen molar-refractivity contribution >= 4 is 18.3 Å². The van der Waals surface area contributed by atoms with Crippen LogP contribution in [0.25, 0.3) is 0 Å². The first-order valence-corrected chi connectivity index (χ1v) is 8.41. The van der Waals surface area contributed by atoms with Crippen LogP contribution in [-0.2, 0) is 0 Å². The average Bonchev–Trinajstić information content (AvgIpc) is 2.97. The van der Waals surface area contributed by atoms with Crippen LogP contribution < -0.4 is 0 Å². The number of carbonyl (C=O) groups is 1. The average molecular weight is 339 g/mol. The molecular weight excluding hydrogens is 312 g/mol.